The van der Waals surface area contributed by atoms with E-state index in [0.717, 1.165) is 70.6 Å². The Morgan fingerprint density at radius 1 is 0.564 bits per heavy atom. The maximum atomic E-state index is 12.6. The number of unbranched alkanes of at least 4 members (excludes halogenated alkanes) is 20. The third kappa shape index (κ3) is 41.9. The van der Waals surface area contributed by atoms with Crippen LogP contribution in [0.3, 0.4) is 0 Å². The fourth-order valence-electron chi connectivity index (χ4n) is 5.83. The van der Waals surface area contributed by atoms with Gasteiger partial charge < -0.3 is 24.6 Å². The molecule has 3 atom stereocenters. The number of phosphoric ester groups is 1. The summed E-state index contributed by atoms with van der Waals surface area (Å²) >= 11 is 0. The summed E-state index contributed by atoms with van der Waals surface area (Å²) in [7, 11) is -4.52. The van der Waals surface area contributed by atoms with Crippen LogP contribution in [0.25, 0.3) is 0 Å². The zero-order valence-corrected chi connectivity index (χ0v) is 36.0. The lowest BCUT2D eigenvalue weighted by molar-refractivity contribution is -0.154. The number of aliphatic hydroxyl groups excluding tert-OH is 2. The number of esters is 1. The zero-order chi connectivity index (χ0) is 40.3. The van der Waals surface area contributed by atoms with Crippen LogP contribution in [0, 0.1) is 0 Å². The number of carbonyl (C=O) groups is 1. The number of phosphoric acid groups is 1. The molecule has 9 nitrogen and oxygen atoms in total. The summed E-state index contributed by atoms with van der Waals surface area (Å²) in [6.45, 7) is 3.45. The predicted octanol–water partition coefficient (Wildman–Crippen LogP) is 12.2. The second kappa shape index (κ2) is 42.0. The summed E-state index contributed by atoms with van der Waals surface area (Å²) in [6, 6.07) is 0. The van der Waals surface area contributed by atoms with Gasteiger partial charge in [-0.3, -0.25) is 13.8 Å². The average Bonchev–Trinajstić information content (AvgIpc) is 3.18. The number of hydrogen-bond donors (Lipinski definition) is 3. The number of allylic oxidation sites excluding steroid dienone is 8. The lowest BCUT2D eigenvalue weighted by atomic mass is 10.1. The summed E-state index contributed by atoms with van der Waals surface area (Å²) in [5.41, 5.74) is 0. The van der Waals surface area contributed by atoms with Crippen molar-refractivity contribution in [3.05, 3.63) is 48.6 Å². The third-order valence-corrected chi connectivity index (χ3v) is 10.2. The van der Waals surface area contributed by atoms with Gasteiger partial charge in [0, 0.05) is 13.0 Å². The second-order valence-electron chi connectivity index (χ2n) is 14.7. The maximum absolute atomic E-state index is 12.6. The van der Waals surface area contributed by atoms with Crippen LogP contribution < -0.4 is 0 Å². The van der Waals surface area contributed by atoms with Crippen molar-refractivity contribution in [3.8, 4) is 0 Å². The quantitative estimate of drug-likeness (QED) is 0.0239. The molecular weight excluding hydrogens is 715 g/mol. The molecule has 0 amide bonds. The van der Waals surface area contributed by atoms with Gasteiger partial charge in [0.05, 0.1) is 26.4 Å². The highest BCUT2D eigenvalue weighted by molar-refractivity contribution is 7.47. The first-order valence-corrected chi connectivity index (χ1v) is 23.6. The van der Waals surface area contributed by atoms with E-state index in [1.165, 1.54) is 89.9 Å². The van der Waals surface area contributed by atoms with Crippen LogP contribution >= 0.6 is 7.82 Å². The van der Waals surface area contributed by atoms with Gasteiger partial charge in [0.25, 0.3) is 0 Å². The minimum atomic E-state index is -4.52. The maximum Gasteiger partial charge on any atom is 0.472 e. The molecule has 0 fully saturated rings. The van der Waals surface area contributed by atoms with Crippen molar-refractivity contribution < 1.29 is 43.0 Å². The Hall–Kier alpha value is -1.58. The molecule has 0 spiro atoms. The summed E-state index contributed by atoms with van der Waals surface area (Å²) in [6.07, 6.45) is 46.3. The normalized spacial score (nSPS) is 14.5. The largest absolute Gasteiger partial charge is 0.472 e. The Morgan fingerprint density at radius 2 is 0.982 bits per heavy atom. The molecule has 0 heterocycles. The van der Waals surface area contributed by atoms with Crippen LogP contribution in [-0.2, 0) is 27.9 Å². The SMILES string of the molecule is CCCCC/C=C\C/C=C\CCCCCCCCCCOCC(COP(=O)(O)OCC(O)CO)OC(=O)CCCCCCC/C=C\C/C=C\CCCCCC. The summed E-state index contributed by atoms with van der Waals surface area (Å²) in [4.78, 5) is 22.6. The Labute approximate surface area is 337 Å². The highest BCUT2D eigenvalue weighted by Gasteiger charge is 2.26. The van der Waals surface area contributed by atoms with Crippen molar-refractivity contribution >= 4 is 13.8 Å². The average molecular weight is 799 g/mol. The Morgan fingerprint density at radius 3 is 1.49 bits per heavy atom. The van der Waals surface area contributed by atoms with Gasteiger partial charge in [0.15, 0.2) is 0 Å². The number of ether oxygens (including phenoxy) is 2. The predicted molar refractivity (Wildman–Crippen MR) is 228 cm³/mol. The molecule has 3 N–H and O–H groups in total. The van der Waals surface area contributed by atoms with Crippen LogP contribution in [0.15, 0.2) is 48.6 Å². The Bertz CT molecular complexity index is 997. The van der Waals surface area contributed by atoms with Gasteiger partial charge in [-0.15, -0.1) is 0 Å². The van der Waals surface area contributed by atoms with E-state index in [4.69, 9.17) is 23.6 Å². The van der Waals surface area contributed by atoms with E-state index in [0.29, 0.717) is 13.0 Å². The fraction of sp³-hybridized carbons (Fsp3) is 0.800. The van der Waals surface area contributed by atoms with Gasteiger partial charge in [-0.2, -0.15) is 0 Å². The van der Waals surface area contributed by atoms with E-state index in [-0.39, 0.29) is 19.6 Å². The summed E-state index contributed by atoms with van der Waals surface area (Å²) in [5, 5.41) is 18.3. The molecule has 0 aliphatic rings. The van der Waals surface area contributed by atoms with Crippen molar-refractivity contribution in [3.63, 3.8) is 0 Å². The zero-order valence-electron chi connectivity index (χ0n) is 35.1. The molecule has 0 saturated carbocycles. The van der Waals surface area contributed by atoms with Crippen LogP contribution in [-0.4, -0.2) is 66.3 Å². The van der Waals surface area contributed by atoms with Crippen molar-refractivity contribution in [2.75, 3.05) is 33.0 Å². The van der Waals surface area contributed by atoms with Crippen molar-refractivity contribution in [2.45, 2.75) is 199 Å². The van der Waals surface area contributed by atoms with Crippen LogP contribution in [0.2, 0.25) is 0 Å². The van der Waals surface area contributed by atoms with E-state index < -0.39 is 39.2 Å². The molecule has 3 unspecified atom stereocenters. The lowest BCUT2D eigenvalue weighted by Crippen LogP contribution is -2.29. The van der Waals surface area contributed by atoms with E-state index in [9.17, 15) is 19.4 Å². The van der Waals surface area contributed by atoms with Gasteiger partial charge >= 0.3 is 13.8 Å². The summed E-state index contributed by atoms with van der Waals surface area (Å²) in [5.74, 6) is -0.399. The number of carbonyl (C=O) groups excluding carboxylic acids is 1. The smallest absolute Gasteiger partial charge is 0.457 e. The minimum absolute atomic E-state index is 0.0387. The standard InChI is InChI=1S/C45H83O9P/c1-3-5-7-9-11-13-15-17-19-21-22-24-26-28-30-32-34-36-38-51-41-44(42-53-55(49,50)52-40-43(47)39-46)54-45(48)37-35-33-31-29-27-25-23-20-18-16-14-12-10-8-6-4-2/h11,13-14,16-17,19-20,23,43-44,46-47H,3-10,12,15,18,21-22,24-42H2,1-2H3,(H,49,50)/b13-11-,16-14-,19-17-,23-20-. The van der Waals surface area contributed by atoms with Crippen molar-refractivity contribution in [1.82, 2.24) is 0 Å². The van der Waals surface area contributed by atoms with Crippen LogP contribution in [0.1, 0.15) is 187 Å². The van der Waals surface area contributed by atoms with E-state index in [1.54, 1.807) is 0 Å². The van der Waals surface area contributed by atoms with E-state index >= 15 is 0 Å². The van der Waals surface area contributed by atoms with Gasteiger partial charge in [-0.05, 0) is 77.0 Å². The molecular formula is C45H83O9P. The van der Waals surface area contributed by atoms with Gasteiger partial charge in [-0.25, -0.2) is 4.57 Å². The first-order chi connectivity index (χ1) is 26.8. The molecule has 0 saturated heterocycles. The molecule has 322 valence electrons. The van der Waals surface area contributed by atoms with Crippen LogP contribution in [0.5, 0.6) is 0 Å². The first-order valence-electron chi connectivity index (χ1n) is 22.1. The molecule has 0 aromatic heterocycles. The monoisotopic (exact) mass is 799 g/mol. The molecule has 55 heavy (non-hydrogen) atoms. The van der Waals surface area contributed by atoms with Crippen molar-refractivity contribution in [2.24, 2.45) is 0 Å². The highest BCUT2D eigenvalue weighted by atomic mass is 31.2. The Balaban J connectivity index is 4.20. The number of hydrogen-bond acceptors (Lipinski definition) is 8. The lowest BCUT2D eigenvalue weighted by Gasteiger charge is -2.20. The minimum Gasteiger partial charge on any atom is -0.457 e. The topological polar surface area (TPSA) is 132 Å². The molecule has 0 aromatic carbocycles. The van der Waals surface area contributed by atoms with Gasteiger partial charge in [-0.1, -0.05) is 152 Å². The van der Waals surface area contributed by atoms with Crippen molar-refractivity contribution in [1.29, 1.82) is 0 Å². The molecule has 0 aromatic rings. The molecule has 0 radical (unpaired) electrons. The first kappa shape index (κ1) is 53.4. The van der Waals surface area contributed by atoms with Gasteiger partial charge in [0.2, 0.25) is 0 Å². The highest BCUT2D eigenvalue weighted by Crippen LogP contribution is 2.43. The van der Waals surface area contributed by atoms with E-state index in [1.807, 2.05) is 0 Å². The second-order valence-corrected chi connectivity index (χ2v) is 16.2. The number of rotatable bonds is 42. The number of aliphatic hydroxyl groups is 2. The molecule has 0 rings (SSSR count). The van der Waals surface area contributed by atoms with Crippen LogP contribution in [0.4, 0.5) is 0 Å². The molecule has 0 bridgehead atoms. The molecule has 10 heteroatoms. The molecule has 0 aliphatic carbocycles. The third-order valence-electron chi connectivity index (χ3n) is 9.24. The van der Waals surface area contributed by atoms with Gasteiger partial charge in [0.1, 0.15) is 12.2 Å². The molecule has 0 aliphatic heterocycles. The van der Waals surface area contributed by atoms with E-state index in [2.05, 4.69) is 62.5 Å². The fourth-order valence-corrected chi connectivity index (χ4v) is 6.62. The Kier molecular flexibility index (Phi) is 40.8. The summed E-state index contributed by atoms with van der Waals surface area (Å²) < 4.78 is 33.4.